The van der Waals surface area contributed by atoms with Gasteiger partial charge < -0.3 is 14.9 Å². The van der Waals surface area contributed by atoms with Gasteiger partial charge in [0.05, 0.1) is 6.61 Å². The minimum atomic E-state index is -0.440. The van der Waals surface area contributed by atoms with Gasteiger partial charge in [0.25, 0.3) is 0 Å². The Kier molecular flexibility index (Phi) is 3.74. The molecule has 0 heterocycles. The van der Waals surface area contributed by atoms with Crippen molar-refractivity contribution in [3.05, 3.63) is 29.8 Å². The molecule has 0 fully saturated rings. The van der Waals surface area contributed by atoms with Crippen LogP contribution in [-0.4, -0.2) is 22.8 Å². The highest BCUT2D eigenvalue weighted by molar-refractivity contribution is 5.87. The fourth-order valence-electron chi connectivity index (χ4n) is 0.999. The lowest BCUT2D eigenvalue weighted by molar-refractivity contribution is -0.137. The zero-order valence-corrected chi connectivity index (χ0v) is 8.30. The number of esters is 1. The van der Waals surface area contributed by atoms with Gasteiger partial charge in [-0.05, 0) is 30.7 Å². The maximum Gasteiger partial charge on any atom is 0.330 e. The van der Waals surface area contributed by atoms with Crippen LogP contribution in [0.5, 0.6) is 11.5 Å². The molecule has 0 bridgehead atoms. The van der Waals surface area contributed by atoms with Crippen molar-refractivity contribution in [1.82, 2.24) is 0 Å². The third-order valence-electron chi connectivity index (χ3n) is 1.70. The number of phenolic OH excluding ortho intramolecular Hbond substituents is 2. The molecule has 4 nitrogen and oxygen atoms in total. The Morgan fingerprint density at radius 2 is 2.13 bits per heavy atom. The molecule has 2 N–H and O–H groups in total. The Bertz CT molecular complexity index is 382. The van der Waals surface area contributed by atoms with Gasteiger partial charge in [0.1, 0.15) is 0 Å². The molecule has 15 heavy (non-hydrogen) atoms. The summed E-state index contributed by atoms with van der Waals surface area (Å²) in [5.74, 6) is -0.852. The van der Waals surface area contributed by atoms with Crippen LogP contribution in [0.2, 0.25) is 0 Å². The molecular weight excluding hydrogens is 196 g/mol. The van der Waals surface area contributed by atoms with Gasteiger partial charge in [-0.1, -0.05) is 6.07 Å². The van der Waals surface area contributed by atoms with Crippen molar-refractivity contribution in [1.29, 1.82) is 0 Å². The molecule has 0 aromatic heterocycles. The van der Waals surface area contributed by atoms with Crippen molar-refractivity contribution in [2.45, 2.75) is 6.92 Å². The summed E-state index contributed by atoms with van der Waals surface area (Å²) in [4.78, 5) is 10.9. The number of phenols is 2. The van der Waals surface area contributed by atoms with Crippen LogP contribution < -0.4 is 0 Å². The first kappa shape index (κ1) is 11.1. The van der Waals surface area contributed by atoms with Gasteiger partial charge in [0.2, 0.25) is 0 Å². The maximum absolute atomic E-state index is 10.9. The molecule has 0 unspecified atom stereocenters. The molecule has 0 atom stereocenters. The van der Waals surface area contributed by atoms with Crippen LogP contribution in [0, 0.1) is 0 Å². The van der Waals surface area contributed by atoms with Crippen LogP contribution in [-0.2, 0) is 9.53 Å². The minimum Gasteiger partial charge on any atom is -0.504 e. The standard InChI is InChI=1S/C11H12O4/c1-2-15-11(14)6-4-8-3-5-9(12)10(13)7-8/h3-7,12-13H,2H2,1H3/b6-4-. The van der Waals surface area contributed by atoms with Crippen LogP contribution in [0.3, 0.4) is 0 Å². The van der Waals surface area contributed by atoms with E-state index in [1.807, 2.05) is 0 Å². The fraction of sp³-hybridized carbons (Fsp3) is 0.182. The second kappa shape index (κ2) is 5.05. The smallest absolute Gasteiger partial charge is 0.330 e. The van der Waals surface area contributed by atoms with Crippen molar-refractivity contribution in [2.75, 3.05) is 6.61 Å². The number of benzene rings is 1. The molecule has 0 spiro atoms. The van der Waals surface area contributed by atoms with E-state index in [9.17, 15) is 4.79 Å². The van der Waals surface area contributed by atoms with Crippen LogP contribution >= 0.6 is 0 Å². The maximum atomic E-state index is 10.9. The molecule has 1 rings (SSSR count). The molecule has 1 aromatic carbocycles. The zero-order valence-electron chi connectivity index (χ0n) is 8.30. The van der Waals surface area contributed by atoms with Gasteiger partial charge in [0, 0.05) is 6.08 Å². The number of carbonyl (C=O) groups is 1. The highest BCUT2D eigenvalue weighted by Gasteiger charge is 1.99. The first-order chi connectivity index (χ1) is 7.13. The second-order valence-electron chi connectivity index (χ2n) is 2.83. The summed E-state index contributed by atoms with van der Waals surface area (Å²) >= 11 is 0. The van der Waals surface area contributed by atoms with Crippen LogP contribution in [0.1, 0.15) is 12.5 Å². The molecule has 0 radical (unpaired) electrons. The van der Waals surface area contributed by atoms with E-state index < -0.39 is 5.97 Å². The number of hydrogen-bond donors (Lipinski definition) is 2. The average molecular weight is 208 g/mol. The van der Waals surface area contributed by atoms with E-state index in [2.05, 4.69) is 4.74 Å². The SMILES string of the molecule is CCOC(=O)/C=C\c1ccc(O)c(O)c1. The van der Waals surface area contributed by atoms with E-state index in [0.29, 0.717) is 12.2 Å². The summed E-state index contributed by atoms with van der Waals surface area (Å²) in [6.07, 6.45) is 2.76. The highest BCUT2D eigenvalue weighted by Crippen LogP contribution is 2.25. The first-order valence-electron chi connectivity index (χ1n) is 4.50. The van der Waals surface area contributed by atoms with Crippen molar-refractivity contribution >= 4 is 12.0 Å². The topological polar surface area (TPSA) is 66.8 Å². The second-order valence-corrected chi connectivity index (χ2v) is 2.83. The molecule has 0 saturated heterocycles. The quantitative estimate of drug-likeness (QED) is 0.450. The van der Waals surface area contributed by atoms with Crippen molar-refractivity contribution in [3.63, 3.8) is 0 Å². The third-order valence-corrected chi connectivity index (χ3v) is 1.70. The lowest BCUT2D eigenvalue weighted by Crippen LogP contribution is -1.98. The number of ether oxygens (including phenoxy) is 1. The number of rotatable bonds is 3. The average Bonchev–Trinajstić information content (AvgIpc) is 2.20. The number of aromatic hydroxyl groups is 2. The van der Waals surface area contributed by atoms with E-state index in [4.69, 9.17) is 10.2 Å². The summed E-state index contributed by atoms with van der Waals surface area (Å²) in [7, 11) is 0. The molecule has 0 aliphatic heterocycles. The summed E-state index contributed by atoms with van der Waals surface area (Å²) in [6, 6.07) is 4.27. The van der Waals surface area contributed by atoms with Gasteiger partial charge in [-0.2, -0.15) is 0 Å². The predicted octanol–water partition coefficient (Wildman–Crippen LogP) is 1.67. The van der Waals surface area contributed by atoms with E-state index in [1.54, 1.807) is 13.0 Å². The molecule has 0 amide bonds. The Morgan fingerprint density at radius 1 is 1.40 bits per heavy atom. The summed E-state index contributed by atoms with van der Waals surface area (Å²) in [5.41, 5.74) is 0.610. The Labute approximate surface area is 87.4 Å². The van der Waals surface area contributed by atoms with E-state index in [0.717, 1.165) is 0 Å². The molecular formula is C11H12O4. The third kappa shape index (κ3) is 3.34. The Morgan fingerprint density at radius 3 is 2.73 bits per heavy atom. The van der Waals surface area contributed by atoms with Crippen molar-refractivity contribution in [2.24, 2.45) is 0 Å². The summed E-state index contributed by atoms with van der Waals surface area (Å²) in [5, 5.41) is 18.2. The van der Waals surface area contributed by atoms with E-state index >= 15 is 0 Å². The molecule has 80 valence electrons. The molecule has 4 heteroatoms. The van der Waals surface area contributed by atoms with Crippen LogP contribution in [0.4, 0.5) is 0 Å². The summed E-state index contributed by atoms with van der Waals surface area (Å²) in [6.45, 7) is 2.04. The van der Waals surface area contributed by atoms with Crippen LogP contribution in [0.25, 0.3) is 6.08 Å². The molecule has 0 aliphatic rings. The Hall–Kier alpha value is -1.97. The number of hydrogen-bond acceptors (Lipinski definition) is 4. The highest BCUT2D eigenvalue weighted by atomic mass is 16.5. The molecule has 0 aliphatic carbocycles. The lowest BCUT2D eigenvalue weighted by atomic mass is 10.2. The van der Waals surface area contributed by atoms with Crippen molar-refractivity contribution < 1.29 is 19.7 Å². The lowest BCUT2D eigenvalue weighted by Gasteiger charge is -1.98. The molecule has 1 aromatic rings. The van der Waals surface area contributed by atoms with Gasteiger partial charge >= 0.3 is 5.97 Å². The van der Waals surface area contributed by atoms with Gasteiger partial charge in [-0.3, -0.25) is 0 Å². The normalized spacial score (nSPS) is 10.5. The van der Waals surface area contributed by atoms with Crippen molar-refractivity contribution in [3.8, 4) is 11.5 Å². The van der Waals surface area contributed by atoms with Gasteiger partial charge in [0.15, 0.2) is 11.5 Å². The van der Waals surface area contributed by atoms with E-state index in [-0.39, 0.29) is 11.5 Å². The predicted molar refractivity (Wildman–Crippen MR) is 55.4 cm³/mol. The van der Waals surface area contributed by atoms with E-state index in [1.165, 1.54) is 24.3 Å². The Balaban J connectivity index is 2.72. The van der Waals surface area contributed by atoms with Gasteiger partial charge in [-0.15, -0.1) is 0 Å². The zero-order chi connectivity index (χ0) is 11.3. The first-order valence-corrected chi connectivity index (χ1v) is 4.50. The minimum absolute atomic E-state index is 0.191. The fourth-order valence-corrected chi connectivity index (χ4v) is 0.999. The number of carbonyl (C=O) groups excluding carboxylic acids is 1. The monoisotopic (exact) mass is 208 g/mol. The van der Waals surface area contributed by atoms with Crippen LogP contribution in [0.15, 0.2) is 24.3 Å². The molecule has 0 saturated carbocycles. The largest absolute Gasteiger partial charge is 0.504 e. The van der Waals surface area contributed by atoms with Gasteiger partial charge in [-0.25, -0.2) is 4.79 Å². The summed E-state index contributed by atoms with van der Waals surface area (Å²) < 4.78 is 4.68.